The minimum atomic E-state index is -1.64. The monoisotopic (exact) mass is 180 g/mol. The van der Waals surface area contributed by atoms with Gasteiger partial charge in [-0.25, -0.2) is 0 Å². The minimum Gasteiger partial charge on any atom is -0.387 e. The molecule has 1 aliphatic carbocycles. The topological polar surface area (TPSA) is 121 Å². The van der Waals surface area contributed by atoms with Gasteiger partial charge in [-0.3, -0.25) is 0 Å². The highest BCUT2D eigenvalue weighted by Gasteiger charge is 2.47. The number of aliphatic hydroxyl groups excluding tert-OH is 6. The van der Waals surface area contributed by atoms with E-state index in [9.17, 15) is 0 Å². The van der Waals surface area contributed by atoms with Crippen molar-refractivity contribution in [3.63, 3.8) is 0 Å². The zero-order valence-electron chi connectivity index (χ0n) is 6.15. The third-order valence-electron chi connectivity index (χ3n) is 2.10. The summed E-state index contributed by atoms with van der Waals surface area (Å²) in [4.78, 5) is 0. The van der Waals surface area contributed by atoms with Gasteiger partial charge in [-0.15, -0.1) is 0 Å². The third kappa shape index (κ3) is 1.33. The molecule has 0 unspecified atom stereocenters. The minimum absolute atomic E-state index is 1.64. The third-order valence-corrected chi connectivity index (χ3v) is 2.10. The first-order valence-electron chi connectivity index (χ1n) is 3.55. The molecule has 0 saturated heterocycles. The van der Waals surface area contributed by atoms with Crippen molar-refractivity contribution in [1.29, 1.82) is 0 Å². The molecule has 0 aliphatic heterocycles. The number of hydrogen-bond donors (Lipinski definition) is 6. The summed E-state index contributed by atoms with van der Waals surface area (Å²) in [6.45, 7) is 0. The van der Waals surface area contributed by atoms with E-state index in [4.69, 9.17) is 30.6 Å². The van der Waals surface area contributed by atoms with E-state index in [0.29, 0.717) is 0 Å². The molecule has 1 fully saturated rings. The van der Waals surface area contributed by atoms with Crippen molar-refractivity contribution < 1.29 is 30.6 Å². The molecule has 0 heterocycles. The van der Waals surface area contributed by atoms with E-state index >= 15 is 0 Å². The smallest absolute Gasteiger partial charge is 0.111 e. The predicted molar refractivity (Wildman–Crippen MR) is 36.0 cm³/mol. The summed E-state index contributed by atoms with van der Waals surface area (Å²) in [5, 5.41) is 53.8. The zero-order chi connectivity index (χ0) is 9.46. The standard InChI is InChI=1S/C6H12O6/c7-1-2(8)4(10)6(12)5(11)3(1)9/h1-12H/t1-,2+,3?,4?,5+,6?/m0/s1. The summed E-state index contributed by atoms with van der Waals surface area (Å²) < 4.78 is 0. The Kier molecular flexibility index (Phi) is 2.67. The van der Waals surface area contributed by atoms with E-state index in [2.05, 4.69) is 0 Å². The number of rotatable bonds is 0. The Hall–Kier alpha value is -0.240. The second-order valence-electron chi connectivity index (χ2n) is 2.94. The Morgan fingerprint density at radius 2 is 0.417 bits per heavy atom. The lowest BCUT2D eigenvalue weighted by molar-refractivity contribution is -0.223. The molecular weight excluding hydrogens is 168 g/mol. The first kappa shape index (κ1) is 9.85. The van der Waals surface area contributed by atoms with Gasteiger partial charge in [0.25, 0.3) is 0 Å². The van der Waals surface area contributed by atoms with Gasteiger partial charge in [-0.2, -0.15) is 0 Å². The van der Waals surface area contributed by atoms with Crippen LogP contribution in [0.25, 0.3) is 0 Å². The van der Waals surface area contributed by atoms with Gasteiger partial charge < -0.3 is 30.6 Å². The predicted octanol–water partition coefficient (Wildman–Crippen LogP) is -3.83. The van der Waals surface area contributed by atoms with Crippen LogP contribution in [-0.2, 0) is 0 Å². The fourth-order valence-corrected chi connectivity index (χ4v) is 1.21. The normalized spacial score (nSPS) is 55.5. The van der Waals surface area contributed by atoms with Crippen LogP contribution >= 0.6 is 0 Å². The molecule has 0 amide bonds. The fraction of sp³-hybridized carbons (Fsp3) is 1.00. The lowest BCUT2D eigenvalue weighted by Crippen LogP contribution is -2.63. The van der Waals surface area contributed by atoms with Gasteiger partial charge >= 0.3 is 0 Å². The average molecular weight is 180 g/mol. The molecule has 1 aliphatic rings. The Balaban J connectivity index is 2.76. The maximum atomic E-state index is 8.97. The van der Waals surface area contributed by atoms with Crippen LogP contribution in [0.1, 0.15) is 0 Å². The first-order valence-corrected chi connectivity index (χ1v) is 3.55. The van der Waals surface area contributed by atoms with Crippen LogP contribution < -0.4 is 0 Å². The lowest BCUT2D eigenvalue weighted by atomic mass is 9.85. The van der Waals surface area contributed by atoms with E-state index < -0.39 is 36.6 Å². The molecule has 1 rings (SSSR count). The SMILES string of the molecule is OC1C(O)[C@H](O)[C@H](O)C(O)[C@H]1O. The van der Waals surface area contributed by atoms with E-state index in [0.717, 1.165) is 0 Å². The molecule has 6 N–H and O–H groups in total. The molecule has 0 aromatic rings. The molecule has 0 spiro atoms. The molecule has 72 valence electrons. The highest BCUT2D eigenvalue weighted by molar-refractivity contribution is 4.98. The van der Waals surface area contributed by atoms with Gasteiger partial charge in [-0.05, 0) is 0 Å². The summed E-state index contributed by atoms with van der Waals surface area (Å²) in [7, 11) is 0. The van der Waals surface area contributed by atoms with Crippen LogP contribution in [0.15, 0.2) is 0 Å². The van der Waals surface area contributed by atoms with Crippen LogP contribution in [-0.4, -0.2) is 67.3 Å². The highest BCUT2D eigenvalue weighted by Crippen LogP contribution is 2.20. The summed E-state index contributed by atoms with van der Waals surface area (Å²) in [6, 6.07) is 0. The van der Waals surface area contributed by atoms with Crippen molar-refractivity contribution in [3.05, 3.63) is 0 Å². The molecule has 6 nitrogen and oxygen atoms in total. The molecule has 0 atom stereocenters. The summed E-state index contributed by atoms with van der Waals surface area (Å²) >= 11 is 0. The summed E-state index contributed by atoms with van der Waals surface area (Å²) in [6.07, 6.45) is -9.84. The van der Waals surface area contributed by atoms with Crippen molar-refractivity contribution in [2.45, 2.75) is 36.6 Å². The van der Waals surface area contributed by atoms with Crippen LogP contribution in [0.2, 0.25) is 0 Å². The van der Waals surface area contributed by atoms with Crippen molar-refractivity contribution in [2.75, 3.05) is 0 Å². The van der Waals surface area contributed by atoms with Gasteiger partial charge in [0.2, 0.25) is 0 Å². The Labute approximate surface area is 68.3 Å². The Bertz CT molecular complexity index is 104. The summed E-state index contributed by atoms with van der Waals surface area (Å²) in [5.41, 5.74) is 0. The second kappa shape index (κ2) is 3.25. The largest absolute Gasteiger partial charge is 0.387 e. The van der Waals surface area contributed by atoms with Crippen molar-refractivity contribution >= 4 is 0 Å². The van der Waals surface area contributed by atoms with Crippen molar-refractivity contribution in [2.24, 2.45) is 0 Å². The molecular formula is C6H12O6. The van der Waals surface area contributed by atoms with Crippen LogP contribution in [0.5, 0.6) is 0 Å². The van der Waals surface area contributed by atoms with E-state index in [1.54, 1.807) is 0 Å². The van der Waals surface area contributed by atoms with Crippen LogP contribution in [0.4, 0.5) is 0 Å². The van der Waals surface area contributed by atoms with Crippen LogP contribution in [0.3, 0.4) is 0 Å². The van der Waals surface area contributed by atoms with Gasteiger partial charge in [-0.1, -0.05) is 0 Å². The molecule has 0 aromatic heterocycles. The fourth-order valence-electron chi connectivity index (χ4n) is 1.21. The van der Waals surface area contributed by atoms with Gasteiger partial charge in [0.05, 0.1) is 0 Å². The van der Waals surface area contributed by atoms with E-state index in [-0.39, 0.29) is 0 Å². The van der Waals surface area contributed by atoms with E-state index in [1.165, 1.54) is 0 Å². The maximum absolute atomic E-state index is 8.97. The lowest BCUT2D eigenvalue weighted by Gasteiger charge is -2.39. The maximum Gasteiger partial charge on any atom is 0.111 e. The Morgan fingerprint density at radius 3 is 0.500 bits per heavy atom. The molecule has 0 radical (unpaired) electrons. The highest BCUT2D eigenvalue weighted by atomic mass is 16.4. The Morgan fingerprint density at radius 1 is 0.333 bits per heavy atom. The van der Waals surface area contributed by atoms with Crippen molar-refractivity contribution in [3.8, 4) is 0 Å². The van der Waals surface area contributed by atoms with Gasteiger partial charge in [0.1, 0.15) is 36.6 Å². The van der Waals surface area contributed by atoms with Crippen molar-refractivity contribution in [1.82, 2.24) is 0 Å². The summed E-state index contributed by atoms with van der Waals surface area (Å²) in [5.74, 6) is 0. The number of hydrogen-bond acceptors (Lipinski definition) is 6. The second-order valence-corrected chi connectivity index (χ2v) is 2.94. The molecule has 12 heavy (non-hydrogen) atoms. The molecule has 0 bridgehead atoms. The van der Waals surface area contributed by atoms with Gasteiger partial charge in [0.15, 0.2) is 0 Å². The van der Waals surface area contributed by atoms with Crippen LogP contribution in [0, 0.1) is 0 Å². The molecule has 1 saturated carbocycles. The zero-order valence-corrected chi connectivity index (χ0v) is 6.15. The molecule has 0 aromatic carbocycles. The quantitative estimate of drug-likeness (QED) is 0.227. The molecule has 6 heteroatoms. The first-order chi connectivity index (χ1) is 5.46. The number of aliphatic hydroxyl groups is 6. The van der Waals surface area contributed by atoms with Gasteiger partial charge in [0, 0.05) is 0 Å². The average Bonchev–Trinajstić information content (AvgIpc) is 2.08. The van der Waals surface area contributed by atoms with E-state index in [1.807, 2.05) is 0 Å².